The molecule has 0 saturated carbocycles. The number of carbonyl (C=O) groups excluding carboxylic acids is 2. The summed E-state index contributed by atoms with van der Waals surface area (Å²) in [6.45, 7) is 1.80. The first-order chi connectivity index (χ1) is 17.3. The van der Waals surface area contributed by atoms with Crippen LogP contribution >= 0.6 is 11.6 Å². The van der Waals surface area contributed by atoms with Crippen molar-refractivity contribution in [3.05, 3.63) is 69.6 Å². The SMILES string of the molecule is CO/N=C/CCNC(=O)c1cc(C#N)cc(C)c1NC(=O)c1cc(C(F)F)nn1-c1ncccc1Cl. The number of nitrogens with one attached hydrogen (secondary N) is 2. The Morgan fingerprint density at radius 2 is 2.11 bits per heavy atom. The maximum atomic E-state index is 13.4. The summed E-state index contributed by atoms with van der Waals surface area (Å²) in [4.78, 5) is 34.7. The third kappa shape index (κ3) is 6.00. The lowest BCUT2D eigenvalue weighted by Gasteiger charge is -2.15. The molecule has 0 aliphatic heterocycles. The molecule has 2 N–H and O–H groups in total. The smallest absolute Gasteiger partial charge is 0.282 e. The minimum absolute atomic E-state index is 0.0135. The molecule has 3 rings (SSSR count). The van der Waals surface area contributed by atoms with Gasteiger partial charge < -0.3 is 15.5 Å². The highest BCUT2D eigenvalue weighted by Crippen LogP contribution is 2.27. The third-order valence-corrected chi connectivity index (χ3v) is 5.11. The van der Waals surface area contributed by atoms with Gasteiger partial charge in [0.2, 0.25) is 0 Å². The topological polar surface area (TPSA) is 134 Å². The molecule has 0 radical (unpaired) electrons. The Hall–Kier alpha value is -4.37. The highest BCUT2D eigenvalue weighted by Gasteiger charge is 2.25. The van der Waals surface area contributed by atoms with Crippen LogP contribution in [-0.4, -0.2) is 46.4 Å². The monoisotopic (exact) mass is 515 g/mol. The van der Waals surface area contributed by atoms with Crippen LogP contribution in [0.25, 0.3) is 5.82 Å². The Kier molecular flexibility index (Phi) is 8.64. The van der Waals surface area contributed by atoms with E-state index in [4.69, 9.17) is 11.6 Å². The standard InChI is InChI=1S/C23H20ClF2N7O3/c1-13-9-14(12-27)10-15(22(34)29-7-4-8-30-36-2)19(13)31-23(35)18-11-17(20(25)26)32-33(18)21-16(24)5-3-6-28-21/h3,5-6,8-11,20H,4,7H2,1-2H3,(H,29,34)(H,31,35)/b30-8+. The molecule has 3 aromatic rings. The number of nitriles is 1. The minimum Gasteiger partial charge on any atom is -0.399 e. The number of amides is 2. The van der Waals surface area contributed by atoms with E-state index in [1.165, 1.54) is 43.8 Å². The molecule has 1 aromatic carbocycles. The van der Waals surface area contributed by atoms with Crippen LogP contribution < -0.4 is 10.6 Å². The zero-order valence-corrected chi connectivity index (χ0v) is 19.9. The van der Waals surface area contributed by atoms with Crippen molar-refractivity contribution in [3.63, 3.8) is 0 Å². The molecule has 13 heteroatoms. The average Bonchev–Trinajstić information content (AvgIpc) is 3.31. The number of aromatic nitrogens is 3. The van der Waals surface area contributed by atoms with Crippen LogP contribution in [0.3, 0.4) is 0 Å². The normalized spacial score (nSPS) is 10.9. The molecule has 36 heavy (non-hydrogen) atoms. The van der Waals surface area contributed by atoms with Crippen LogP contribution in [0.15, 0.2) is 41.7 Å². The summed E-state index contributed by atoms with van der Waals surface area (Å²) in [6.07, 6.45) is 0.250. The van der Waals surface area contributed by atoms with Crippen LogP contribution in [0.2, 0.25) is 5.02 Å². The van der Waals surface area contributed by atoms with E-state index in [0.29, 0.717) is 12.0 Å². The van der Waals surface area contributed by atoms with Gasteiger partial charge in [-0.25, -0.2) is 18.4 Å². The number of hydrogen-bond acceptors (Lipinski definition) is 7. The van der Waals surface area contributed by atoms with E-state index in [-0.39, 0.29) is 39.9 Å². The number of pyridine rings is 1. The zero-order valence-electron chi connectivity index (χ0n) is 19.1. The average molecular weight is 516 g/mol. The second kappa shape index (κ2) is 11.9. The second-order valence-electron chi connectivity index (χ2n) is 7.27. The van der Waals surface area contributed by atoms with E-state index in [9.17, 15) is 23.6 Å². The Balaban J connectivity index is 1.98. The van der Waals surface area contributed by atoms with Gasteiger partial charge in [-0.2, -0.15) is 10.4 Å². The first-order valence-corrected chi connectivity index (χ1v) is 10.8. The largest absolute Gasteiger partial charge is 0.399 e. The van der Waals surface area contributed by atoms with E-state index >= 15 is 0 Å². The zero-order chi connectivity index (χ0) is 26.2. The number of aryl methyl sites for hydroxylation is 1. The van der Waals surface area contributed by atoms with Crippen LogP contribution in [0.4, 0.5) is 14.5 Å². The fourth-order valence-corrected chi connectivity index (χ4v) is 3.41. The lowest BCUT2D eigenvalue weighted by atomic mass is 10.0. The van der Waals surface area contributed by atoms with E-state index in [1.807, 2.05) is 6.07 Å². The molecule has 0 aliphatic carbocycles. The summed E-state index contributed by atoms with van der Waals surface area (Å²) >= 11 is 6.15. The maximum absolute atomic E-state index is 13.4. The number of nitrogens with zero attached hydrogens (tertiary/aromatic N) is 5. The van der Waals surface area contributed by atoms with E-state index < -0.39 is 23.9 Å². The Morgan fingerprint density at radius 3 is 2.78 bits per heavy atom. The molecule has 186 valence electrons. The number of anilines is 1. The molecular weight excluding hydrogens is 496 g/mol. The predicted octanol–water partition coefficient (Wildman–Crippen LogP) is 4.04. The van der Waals surface area contributed by atoms with Gasteiger partial charge in [0.25, 0.3) is 18.2 Å². The molecule has 0 unspecified atom stereocenters. The van der Waals surface area contributed by atoms with Gasteiger partial charge in [-0.05, 0) is 42.8 Å². The third-order valence-electron chi connectivity index (χ3n) is 4.81. The summed E-state index contributed by atoms with van der Waals surface area (Å²) in [5, 5.41) is 22.0. The van der Waals surface area contributed by atoms with Crippen LogP contribution in [-0.2, 0) is 4.84 Å². The van der Waals surface area contributed by atoms with Crippen molar-refractivity contribution in [2.75, 3.05) is 19.0 Å². The Bertz CT molecular complexity index is 1350. The summed E-state index contributed by atoms with van der Waals surface area (Å²) in [5.74, 6) is -1.43. The van der Waals surface area contributed by atoms with Gasteiger partial charge in [0.1, 0.15) is 18.5 Å². The fraction of sp³-hybridized carbons (Fsp3) is 0.217. The molecule has 0 spiro atoms. The molecular formula is C23H20ClF2N7O3. The van der Waals surface area contributed by atoms with Crippen molar-refractivity contribution in [3.8, 4) is 11.9 Å². The lowest BCUT2D eigenvalue weighted by molar-refractivity contribution is 0.0955. The first-order valence-electron chi connectivity index (χ1n) is 10.4. The Morgan fingerprint density at radius 1 is 1.33 bits per heavy atom. The van der Waals surface area contributed by atoms with E-state index in [0.717, 1.165) is 10.7 Å². The molecule has 0 saturated heterocycles. The number of oxime groups is 1. The molecule has 0 bridgehead atoms. The minimum atomic E-state index is -2.96. The molecule has 2 heterocycles. The quantitative estimate of drug-likeness (QED) is 0.251. The number of hydrogen-bond donors (Lipinski definition) is 2. The van der Waals surface area contributed by atoms with Gasteiger partial charge in [-0.3, -0.25) is 9.59 Å². The summed E-state index contributed by atoms with van der Waals surface area (Å²) in [7, 11) is 1.39. The van der Waals surface area contributed by atoms with Crippen LogP contribution in [0, 0.1) is 18.3 Å². The van der Waals surface area contributed by atoms with Crippen molar-refractivity contribution in [1.29, 1.82) is 5.26 Å². The highest BCUT2D eigenvalue weighted by molar-refractivity contribution is 6.32. The van der Waals surface area contributed by atoms with Crippen molar-refractivity contribution in [1.82, 2.24) is 20.1 Å². The second-order valence-corrected chi connectivity index (χ2v) is 7.68. The number of alkyl halides is 2. The van der Waals surface area contributed by atoms with Crippen LogP contribution in [0.5, 0.6) is 0 Å². The molecule has 2 aromatic heterocycles. The summed E-state index contributed by atoms with van der Waals surface area (Å²) in [6, 6.07) is 8.69. The number of rotatable bonds is 9. The van der Waals surface area contributed by atoms with Gasteiger partial charge in [-0.1, -0.05) is 16.8 Å². The van der Waals surface area contributed by atoms with Gasteiger partial charge in [0.05, 0.1) is 27.9 Å². The summed E-state index contributed by atoms with van der Waals surface area (Å²) in [5.41, 5.74) is -0.225. The number of halogens is 3. The van der Waals surface area contributed by atoms with Gasteiger partial charge in [0.15, 0.2) is 5.82 Å². The maximum Gasteiger partial charge on any atom is 0.282 e. The lowest BCUT2D eigenvalue weighted by Crippen LogP contribution is -2.27. The van der Waals surface area contributed by atoms with Gasteiger partial charge in [-0.15, -0.1) is 0 Å². The highest BCUT2D eigenvalue weighted by atomic mass is 35.5. The van der Waals surface area contributed by atoms with E-state index in [1.54, 1.807) is 6.92 Å². The summed E-state index contributed by atoms with van der Waals surface area (Å²) < 4.78 is 27.7. The van der Waals surface area contributed by atoms with Gasteiger partial charge in [0, 0.05) is 25.4 Å². The van der Waals surface area contributed by atoms with Gasteiger partial charge >= 0.3 is 0 Å². The fourth-order valence-electron chi connectivity index (χ4n) is 3.21. The van der Waals surface area contributed by atoms with Crippen molar-refractivity contribution in [2.45, 2.75) is 19.8 Å². The predicted molar refractivity (Wildman–Crippen MR) is 128 cm³/mol. The number of benzene rings is 1. The van der Waals surface area contributed by atoms with E-state index in [2.05, 4.69) is 30.7 Å². The number of carbonyl (C=O) groups is 2. The molecule has 0 atom stereocenters. The molecule has 2 amide bonds. The molecule has 0 aliphatic rings. The van der Waals surface area contributed by atoms with Crippen molar-refractivity contribution in [2.24, 2.45) is 5.16 Å². The van der Waals surface area contributed by atoms with Crippen LogP contribution in [0.1, 0.15) is 50.5 Å². The van der Waals surface area contributed by atoms with Crippen molar-refractivity contribution < 1.29 is 23.2 Å². The molecule has 0 fully saturated rings. The Labute approximate surface area is 209 Å². The van der Waals surface area contributed by atoms with Crippen molar-refractivity contribution >= 4 is 35.3 Å². The first kappa shape index (κ1) is 26.2. The molecule has 10 nitrogen and oxygen atoms in total.